The van der Waals surface area contributed by atoms with Gasteiger partial charge in [0, 0.05) is 78.0 Å². The number of rotatable bonds is 5. The molecule has 0 radical (unpaired) electrons. The Morgan fingerprint density at radius 2 is 1.85 bits per heavy atom. The van der Waals surface area contributed by atoms with Crippen LogP contribution in [0.2, 0.25) is 0 Å². The molecule has 2 aromatic carbocycles. The zero-order chi connectivity index (χ0) is 22.9. The van der Waals surface area contributed by atoms with Crippen LogP contribution >= 0.6 is 0 Å². The van der Waals surface area contributed by atoms with Gasteiger partial charge in [0.05, 0.1) is 31.6 Å². The Morgan fingerprint density at radius 3 is 2.58 bits per heavy atom. The molecule has 1 N–H and O–H groups in total. The van der Waals surface area contributed by atoms with Crippen molar-refractivity contribution in [1.82, 2.24) is 20.1 Å². The van der Waals surface area contributed by atoms with Crippen molar-refractivity contribution in [2.24, 2.45) is 0 Å². The standard InChI is InChI=1S/C26H29N5O2/c1-17(2)30-7-8-31(25-11-22(32-3)12-26(33-4)23(25)16-30)21-5-6-24-18(10-21)9-19(13-27-24)20-14-28-29-15-20/h5-6,9-15,17H,7-8,16H2,1-4H3,(H,28,29). The highest BCUT2D eigenvalue weighted by molar-refractivity contribution is 5.88. The fourth-order valence-corrected chi connectivity index (χ4v) is 4.50. The molecule has 1 aliphatic heterocycles. The van der Waals surface area contributed by atoms with Gasteiger partial charge in [-0.05, 0) is 38.1 Å². The number of H-pyrrole nitrogens is 1. The topological polar surface area (TPSA) is 66.5 Å². The molecule has 7 heteroatoms. The number of ether oxygens (including phenoxy) is 2. The summed E-state index contributed by atoms with van der Waals surface area (Å²) in [5.74, 6) is 1.64. The number of hydrogen-bond donors (Lipinski definition) is 1. The van der Waals surface area contributed by atoms with Gasteiger partial charge >= 0.3 is 0 Å². The highest BCUT2D eigenvalue weighted by Gasteiger charge is 2.26. The zero-order valence-corrected chi connectivity index (χ0v) is 19.5. The Kier molecular flexibility index (Phi) is 5.64. The molecular weight excluding hydrogens is 414 g/mol. The van der Waals surface area contributed by atoms with E-state index in [-0.39, 0.29) is 0 Å². The summed E-state index contributed by atoms with van der Waals surface area (Å²) in [6.07, 6.45) is 5.60. The van der Waals surface area contributed by atoms with E-state index < -0.39 is 0 Å². The summed E-state index contributed by atoms with van der Waals surface area (Å²) >= 11 is 0. The lowest BCUT2D eigenvalue weighted by atomic mass is 10.1. The van der Waals surface area contributed by atoms with Gasteiger partial charge in [-0.3, -0.25) is 15.0 Å². The minimum absolute atomic E-state index is 0.433. The van der Waals surface area contributed by atoms with Crippen molar-refractivity contribution < 1.29 is 9.47 Å². The van der Waals surface area contributed by atoms with Crippen molar-refractivity contribution in [3.8, 4) is 22.6 Å². The van der Waals surface area contributed by atoms with Crippen molar-refractivity contribution >= 4 is 22.3 Å². The SMILES string of the molecule is COc1cc(OC)c2c(c1)N(c1ccc3ncc(-c4cn[nH]c4)cc3c1)CCN(C(C)C)C2. The lowest BCUT2D eigenvalue weighted by Gasteiger charge is -2.27. The van der Waals surface area contributed by atoms with E-state index in [0.29, 0.717) is 6.04 Å². The smallest absolute Gasteiger partial charge is 0.129 e. The van der Waals surface area contributed by atoms with Crippen molar-refractivity contribution in [2.75, 3.05) is 32.2 Å². The van der Waals surface area contributed by atoms with Crippen LogP contribution in [0.15, 0.2) is 55.0 Å². The Morgan fingerprint density at radius 1 is 0.970 bits per heavy atom. The predicted molar refractivity (Wildman–Crippen MR) is 131 cm³/mol. The Hall–Kier alpha value is -3.58. The van der Waals surface area contributed by atoms with E-state index in [1.165, 1.54) is 5.56 Å². The fourth-order valence-electron chi connectivity index (χ4n) is 4.50. The molecule has 0 bridgehead atoms. The van der Waals surface area contributed by atoms with E-state index in [2.05, 4.69) is 69.2 Å². The van der Waals surface area contributed by atoms with Crippen LogP contribution in [0.1, 0.15) is 19.4 Å². The molecule has 33 heavy (non-hydrogen) atoms. The Labute approximate surface area is 194 Å². The van der Waals surface area contributed by atoms with Crippen LogP contribution < -0.4 is 14.4 Å². The summed E-state index contributed by atoms with van der Waals surface area (Å²) in [7, 11) is 3.42. The normalized spacial score (nSPS) is 14.4. The van der Waals surface area contributed by atoms with Crippen molar-refractivity contribution in [2.45, 2.75) is 26.4 Å². The van der Waals surface area contributed by atoms with Gasteiger partial charge in [0.2, 0.25) is 0 Å². The molecule has 3 heterocycles. The number of nitrogens with zero attached hydrogens (tertiary/aromatic N) is 4. The van der Waals surface area contributed by atoms with Gasteiger partial charge in [0.15, 0.2) is 0 Å². The average molecular weight is 444 g/mol. The molecule has 0 saturated heterocycles. The molecule has 0 spiro atoms. The number of nitrogens with one attached hydrogen (secondary N) is 1. The first-order valence-electron chi connectivity index (χ1n) is 11.2. The first-order chi connectivity index (χ1) is 16.1. The van der Waals surface area contributed by atoms with Gasteiger partial charge in [-0.2, -0.15) is 5.10 Å². The third kappa shape index (κ3) is 4.00. The van der Waals surface area contributed by atoms with Gasteiger partial charge in [-0.15, -0.1) is 0 Å². The lowest BCUT2D eigenvalue weighted by molar-refractivity contribution is 0.221. The van der Waals surface area contributed by atoms with Gasteiger partial charge in [-0.1, -0.05) is 0 Å². The molecule has 1 aliphatic rings. The molecule has 0 amide bonds. The molecular formula is C26H29N5O2. The van der Waals surface area contributed by atoms with E-state index in [9.17, 15) is 0 Å². The minimum atomic E-state index is 0.433. The van der Waals surface area contributed by atoms with Crippen LogP contribution in [-0.2, 0) is 6.54 Å². The molecule has 5 rings (SSSR count). The van der Waals surface area contributed by atoms with Crippen molar-refractivity contribution in [1.29, 1.82) is 0 Å². The molecule has 4 aromatic rings. The zero-order valence-electron chi connectivity index (χ0n) is 19.5. The number of fused-ring (bicyclic) bond motifs is 2. The molecule has 0 saturated carbocycles. The predicted octanol–water partition coefficient (Wildman–Crippen LogP) is 5.00. The second-order valence-corrected chi connectivity index (χ2v) is 8.63. The number of hydrogen-bond acceptors (Lipinski definition) is 6. The maximum absolute atomic E-state index is 5.80. The van der Waals surface area contributed by atoms with Gasteiger partial charge < -0.3 is 14.4 Å². The number of aromatic nitrogens is 3. The molecule has 0 aliphatic carbocycles. The third-order valence-electron chi connectivity index (χ3n) is 6.42. The number of aromatic amines is 1. The van der Waals surface area contributed by atoms with Crippen LogP contribution in [0.25, 0.3) is 22.0 Å². The van der Waals surface area contributed by atoms with Crippen LogP contribution in [0.4, 0.5) is 11.4 Å². The Bertz CT molecular complexity index is 1270. The van der Waals surface area contributed by atoms with Crippen LogP contribution in [0.3, 0.4) is 0 Å². The average Bonchev–Trinajstić information content (AvgIpc) is 3.30. The first-order valence-corrected chi connectivity index (χ1v) is 11.2. The fraction of sp³-hybridized carbons (Fsp3) is 0.308. The number of pyridine rings is 1. The largest absolute Gasteiger partial charge is 0.497 e. The van der Waals surface area contributed by atoms with Gasteiger partial charge in [-0.25, -0.2) is 0 Å². The monoisotopic (exact) mass is 443 g/mol. The van der Waals surface area contributed by atoms with Gasteiger partial charge in [0.25, 0.3) is 0 Å². The van der Waals surface area contributed by atoms with Crippen molar-refractivity contribution in [3.63, 3.8) is 0 Å². The van der Waals surface area contributed by atoms with Crippen LogP contribution in [-0.4, -0.2) is 53.4 Å². The second-order valence-electron chi connectivity index (χ2n) is 8.63. The molecule has 170 valence electrons. The molecule has 0 atom stereocenters. The molecule has 2 aromatic heterocycles. The summed E-state index contributed by atoms with van der Waals surface area (Å²) in [6.45, 7) is 7.12. The lowest BCUT2D eigenvalue weighted by Crippen LogP contribution is -2.34. The highest BCUT2D eigenvalue weighted by atomic mass is 16.5. The number of benzene rings is 2. The van der Waals surface area contributed by atoms with E-state index >= 15 is 0 Å². The maximum Gasteiger partial charge on any atom is 0.129 e. The number of methoxy groups -OCH3 is 2. The summed E-state index contributed by atoms with van der Waals surface area (Å²) in [5.41, 5.74) is 6.45. The van der Waals surface area contributed by atoms with E-state index in [1.807, 2.05) is 24.7 Å². The summed E-state index contributed by atoms with van der Waals surface area (Å²) < 4.78 is 11.4. The second kappa shape index (κ2) is 8.75. The van der Waals surface area contributed by atoms with Crippen LogP contribution in [0, 0.1) is 0 Å². The highest BCUT2D eigenvalue weighted by Crippen LogP contribution is 2.41. The summed E-state index contributed by atoms with van der Waals surface area (Å²) in [5, 5.41) is 8.04. The minimum Gasteiger partial charge on any atom is -0.497 e. The Balaban J connectivity index is 1.63. The molecule has 0 fully saturated rings. The molecule has 7 nitrogen and oxygen atoms in total. The summed E-state index contributed by atoms with van der Waals surface area (Å²) in [4.78, 5) is 9.52. The van der Waals surface area contributed by atoms with E-state index in [1.54, 1.807) is 14.2 Å². The third-order valence-corrected chi connectivity index (χ3v) is 6.42. The number of anilines is 2. The van der Waals surface area contributed by atoms with E-state index in [4.69, 9.17) is 9.47 Å². The first kappa shape index (κ1) is 21.3. The molecule has 0 unspecified atom stereocenters. The van der Waals surface area contributed by atoms with Gasteiger partial charge in [0.1, 0.15) is 11.5 Å². The maximum atomic E-state index is 5.80. The summed E-state index contributed by atoms with van der Waals surface area (Å²) in [6, 6.07) is 13.1. The van der Waals surface area contributed by atoms with E-state index in [0.717, 1.165) is 64.5 Å². The quantitative estimate of drug-likeness (QED) is 0.468. The van der Waals surface area contributed by atoms with Crippen molar-refractivity contribution in [3.05, 3.63) is 60.6 Å². The van der Waals surface area contributed by atoms with Crippen LogP contribution in [0.5, 0.6) is 11.5 Å².